The smallest absolute Gasteiger partial charge is 0.409 e. The summed E-state index contributed by atoms with van der Waals surface area (Å²) < 4.78 is 10.3. The van der Waals surface area contributed by atoms with E-state index in [0.29, 0.717) is 23.8 Å². The molecule has 13 nitrogen and oxygen atoms in total. The molecule has 1 aromatic heterocycles. The van der Waals surface area contributed by atoms with E-state index in [1.54, 1.807) is 14.0 Å². The van der Waals surface area contributed by atoms with Gasteiger partial charge in [-0.1, -0.05) is 30.3 Å². The minimum absolute atomic E-state index is 0. The second-order valence-electron chi connectivity index (χ2n) is 10.2. The molecule has 42 heavy (non-hydrogen) atoms. The topological polar surface area (TPSA) is 163 Å². The molecule has 230 valence electrons. The molecule has 1 aliphatic rings. The van der Waals surface area contributed by atoms with Crippen LogP contribution in [0.4, 0.5) is 10.6 Å². The highest BCUT2D eigenvalue weighted by Crippen LogP contribution is 2.21. The molecule has 3 rings (SSSR count). The molecule has 1 aliphatic heterocycles. The molecule has 3 amide bonds. The average molecular weight is 607 g/mol. The predicted octanol–water partition coefficient (Wildman–Crippen LogP) is 2.67. The van der Waals surface area contributed by atoms with Crippen LogP contribution >= 0.6 is 12.4 Å². The van der Waals surface area contributed by atoms with E-state index >= 15 is 0 Å². The number of carboxylic acids is 1. The summed E-state index contributed by atoms with van der Waals surface area (Å²) in [6.07, 6.45) is -0.886. The van der Waals surface area contributed by atoms with Crippen molar-refractivity contribution in [1.82, 2.24) is 25.1 Å². The molecule has 1 fully saturated rings. The number of amides is 3. The number of methoxy groups -OCH3 is 1. The minimum Gasteiger partial charge on any atom is -0.481 e. The zero-order valence-electron chi connectivity index (χ0n) is 24.3. The Balaban J connectivity index is 0.00000616. The number of rotatable bonds is 12. The van der Waals surface area contributed by atoms with Gasteiger partial charge in [0.1, 0.15) is 17.6 Å². The Kier molecular flexibility index (Phi) is 12.9. The molecule has 2 aromatic rings. The molecule has 3 N–H and O–H groups in total. The van der Waals surface area contributed by atoms with Crippen LogP contribution in [0.3, 0.4) is 0 Å². The van der Waals surface area contributed by atoms with E-state index < -0.39 is 35.5 Å². The van der Waals surface area contributed by atoms with Crippen LogP contribution in [-0.4, -0.2) is 107 Å². The van der Waals surface area contributed by atoms with Gasteiger partial charge in [0.15, 0.2) is 5.82 Å². The predicted molar refractivity (Wildman–Crippen MR) is 158 cm³/mol. The summed E-state index contributed by atoms with van der Waals surface area (Å²) >= 11 is 0. The monoisotopic (exact) mass is 606 g/mol. The number of benzene rings is 1. The summed E-state index contributed by atoms with van der Waals surface area (Å²) in [7, 11) is 1.59. The van der Waals surface area contributed by atoms with E-state index in [0.717, 1.165) is 0 Å². The van der Waals surface area contributed by atoms with Gasteiger partial charge in [-0.3, -0.25) is 14.4 Å². The van der Waals surface area contributed by atoms with Gasteiger partial charge in [0.2, 0.25) is 5.91 Å². The van der Waals surface area contributed by atoms with Crippen LogP contribution in [0.1, 0.15) is 44.1 Å². The van der Waals surface area contributed by atoms with Crippen molar-refractivity contribution in [3.8, 4) is 11.4 Å². The third kappa shape index (κ3) is 9.84. The first-order valence-corrected chi connectivity index (χ1v) is 13.5. The second-order valence-corrected chi connectivity index (χ2v) is 10.2. The number of aromatic nitrogens is 2. The van der Waals surface area contributed by atoms with E-state index in [1.807, 2.05) is 44.2 Å². The van der Waals surface area contributed by atoms with E-state index in [1.165, 1.54) is 15.9 Å². The van der Waals surface area contributed by atoms with Crippen LogP contribution in [0.2, 0.25) is 0 Å². The number of ether oxygens (including phenoxy) is 2. The lowest BCUT2D eigenvalue weighted by molar-refractivity contribution is -0.138. The third-order valence-electron chi connectivity index (χ3n) is 6.33. The molecule has 0 unspecified atom stereocenters. The summed E-state index contributed by atoms with van der Waals surface area (Å²) in [5.74, 6) is -1.48. The maximum Gasteiger partial charge on any atom is 0.409 e. The molecule has 1 saturated heterocycles. The quantitative estimate of drug-likeness (QED) is 0.327. The lowest BCUT2D eigenvalue weighted by Crippen LogP contribution is -2.56. The van der Waals surface area contributed by atoms with Gasteiger partial charge < -0.3 is 35.0 Å². The Morgan fingerprint density at radius 1 is 1.05 bits per heavy atom. The molecular weight excluding hydrogens is 568 g/mol. The fraction of sp³-hybridized carbons (Fsp3) is 0.500. The van der Waals surface area contributed by atoms with Gasteiger partial charge in [-0.2, -0.15) is 0 Å². The normalized spacial score (nSPS) is 13.9. The van der Waals surface area contributed by atoms with Crippen molar-refractivity contribution < 1.29 is 33.8 Å². The number of carbonyl (C=O) groups is 4. The molecule has 1 aromatic carbocycles. The van der Waals surface area contributed by atoms with Gasteiger partial charge in [0.25, 0.3) is 5.91 Å². The molecule has 1 atom stereocenters. The van der Waals surface area contributed by atoms with Crippen molar-refractivity contribution in [3.05, 3.63) is 42.1 Å². The second kappa shape index (κ2) is 15.9. The molecule has 0 spiro atoms. The van der Waals surface area contributed by atoms with Crippen LogP contribution in [0, 0.1) is 0 Å². The number of hydrogen-bond donors (Lipinski definition) is 3. The van der Waals surface area contributed by atoms with Crippen LogP contribution in [-0.2, 0) is 19.1 Å². The number of piperazine rings is 1. The lowest BCUT2D eigenvalue weighted by Gasteiger charge is -2.35. The molecule has 0 saturated carbocycles. The summed E-state index contributed by atoms with van der Waals surface area (Å²) in [6.45, 7) is 7.16. The standard InChI is InChI=1S/C28H38N6O7.ClH/c1-5-41-27(39)34-15-13-33(14-16-34)26(38)20(11-12-23(35)36)30-25(37)21-17-22(32-28(2,3)18-40-4)31-24(29-21)19-9-7-6-8-10-19;/h6-10,17,20H,5,11-16,18H2,1-4H3,(H,30,37)(H,35,36)(H,29,31,32);1H/t20-;/m0./s1. The minimum atomic E-state index is -1.11. The van der Waals surface area contributed by atoms with E-state index in [4.69, 9.17) is 9.47 Å². The zero-order chi connectivity index (χ0) is 30.0. The third-order valence-corrected chi connectivity index (χ3v) is 6.33. The fourth-order valence-electron chi connectivity index (χ4n) is 4.39. The first kappa shape index (κ1) is 34.2. The maximum atomic E-state index is 13.5. The van der Waals surface area contributed by atoms with Crippen molar-refractivity contribution in [2.75, 3.05) is 51.8 Å². The number of nitrogens with one attached hydrogen (secondary N) is 2. The van der Waals surface area contributed by atoms with Gasteiger partial charge >= 0.3 is 12.1 Å². The van der Waals surface area contributed by atoms with Gasteiger partial charge in [0.05, 0.1) is 18.8 Å². The van der Waals surface area contributed by atoms with Crippen molar-refractivity contribution >= 4 is 42.1 Å². The highest BCUT2D eigenvalue weighted by molar-refractivity contribution is 5.97. The van der Waals surface area contributed by atoms with Crippen LogP contribution in [0.5, 0.6) is 0 Å². The van der Waals surface area contributed by atoms with Gasteiger partial charge in [0, 0.05) is 51.3 Å². The Morgan fingerprint density at radius 3 is 2.29 bits per heavy atom. The average Bonchev–Trinajstić information content (AvgIpc) is 2.94. The van der Waals surface area contributed by atoms with E-state index in [9.17, 15) is 24.3 Å². The highest BCUT2D eigenvalue weighted by Gasteiger charge is 2.31. The number of anilines is 1. The van der Waals surface area contributed by atoms with E-state index in [2.05, 4.69) is 20.6 Å². The van der Waals surface area contributed by atoms with Crippen LogP contribution < -0.4 is 10.6 Å². The highest BCUT2D eigenvalue weighted by atomic mass is 35.5. The summed E-state index contributed by atoms with van der Waals surface area (Å²) in [5, 5.41) is 15.2. The number of carboxylic acid groups (broad SMARTS) is 1. The van der Waals surface area contributed by atoms with Crippen LogP contribution in [0.15, 0.2) is 36.4 Å². The first-order chi connectivity index (χ1) is 19.5. The maximum absolute atomic E-state index is 13.5. The lowest BCUT2D eigenvalue weighted by atomic mass is 10.1. The molecule has 14 heteroatoms. The van der Waals surface area contributed by atoms with Crippen molar-refractivity contribution in [2.24, 2.45) is 0 Å². The summed E-state index contributed by atoms with van der Waals surface area (Å²) in [4.78, 5) is 62.3. The van der Waals surface area contributed by atoms with Crippen molar-refractivity contribution in [1.29, 1.82) is 0 Å². The Morgan fingerprint density at radius 2 is 1.69 bits per heavy atom. The van der Waals surface area contributed by atoms with Gasteiger partial charge in [-0.05, 0) is 27.2 Å². The number of halogens is 1. The van der Waals surface area contributed by atoms with Crippen molar-refractivity contribution in [3.63, 3.8) is 0 Å². The SMILES string of the molecule is CCOC(=O)N1CCN(C(=O)[C@H](CCC(=O)O)NC(=O)c2cc(NC(C)(C)COC)nc(-c3ccccc3)n2)CC1.Cl. The zero-order valence-corrected chi connectivity index (χ0v) is 25.1. The fourth-order valence-corrected chi connectivity index (χ4v) is 4.39. The summed E-state index contributed by atoms with van der Waals surface area (Å²) in [6, 6.07) is 9.52. The largest absolute Gasteiger partial charge is 0.481 e. The first-order valence-electron chi connectivity index (χ1n) is 13.5. The molecule has 0 radical (unpaired) electrons. The molecule has 0 bridgehead atoms. The Hall–Kier alpha value is -3.97. The number of nitrogens with zero attached hydrogens (tertiary/aromatic N) is 4. The number of hydrogen-bond acceptors (Lipinski definition) is 9. The number of carbonyl (C=O) groups excluding carboxylic acids is 3. The number of aliphatic carboxylic acids is 1. The Bertz CT molecular complexity index is 1220. The molecule has 0 aliphatic carbocycles. The van der Waals surface area contributed by atoms with Crippen molar-refractivity contribution in [2.45, 2.75) is 45.2 Å². The van der Waals surface area contributed by atoms with E-state index in [-0.39, 0.29) is 63.7 Å². The molecule has 2 heterocycles. The van der Waals surface area contributed by atoms with Gasteiger partial charge in [-0.15, -0.1) is 12.4 Å². The Labute approximate surface area is 251 Å². The summed E-state index contributed by atoms with van der Waals surface area (Å²) in [5.41, 5.74) is 0.179. The van der Waals surface area contributed by atoms with Gasteiger partial charge in [-0.25, -0.2) is 14.8 Å². The molecular formula is C28H39ClN6O7. The van der Waals surface area contributed by atoms with Crippen LogP contribution in [0.25, 0.3) is 11.4 Å².